The Morgan fingerprint density at radius 2 is 1.88 bits per heavy atom. The smallest absolute Gasteiger partial charge is 0.258 e. The van der Waals surface area contributed by atoms with Crippen LogP contribution in [0.15, 0.2) is 55.0 Å². The van der Waals surface area contributed by atoms with Gasteiger partial charge in [0.25, 0.3) is 5.91 Å². The number of methoxy groups -OCH3 is 1. The van der Waals surface area contributed by atoms with E-state index in [4.69, 9.17) is 10.00 Å². The Kier molecular flexibility index (Phi) is 6.30. The van der Waals surface area contributed by atoms with E-state index in [1.165, 1.54) is 37.8 Å². The molecule has 0 saturated heterocycles. The molecule has 0 unspecified atom stereocenters. The number of carbonyl (C=O) groups is 1. The largest absolute Gasteiger partial charge is 0.494 e. The van der Waals surface area contributed by atoms with Crippen molar-refractivity contribution in [1.82, 2.24) is 20.2 Å². The molecule has 4 aromatic rings. The molecule has 8 nitrogen and oxygen atoms in total. The molecule has 3 aromatic heterocycles. The minimum Gasteiger partial charge on any atom is -0.494 e. The maximum Gasteiger partial charge on any atom is 0.258 e. The maximum atomic E-state index is 13.8. The molecule has 33 heavy (non-hydrogen) atoms. The lowest BCUT2D eigenvalue weighted by atomic mass is 10.0. The van der Waals surface area contributed by atoms with Crippen LogP contribution in [0.1, 0.15) is 26.5 Å². The fraction of sp³-hybridized carbons (Fsp3) is 0.0435. The monoisotopic (exact) mass is 456 g/mol. The van der Waals surface area contributed by atoms with Gasteiger partial charge in [-0.15, -0.1) is 10.2 Å². The molecule has 1 amide bonds. The number of nitrogens with one attached hydrogen (secondary N) is 1. The van der Waals surface area contributed by atoms with Crippen molar-refractivity contribution in [2.45, 2.75) is 0 Å². The van der Waals surface area contributed by atoms with Gasteiger partial charge in [0.15, 0.2) is 5.01 Å². The highest BCUT2D eigenvalue weighted by Gasteiger charge is 2.18. The van der Waals surface area contributed by atoms with E-state index in [0.717, 1.165) is 16.9 Å². The number of hydrogen-bond donors (Lipinski definition) is 1. The number of halogens is 1. The lowest BCUT2D eigenvalue weighted by Gasteiger charge is -2.11. The molecule has 1 aromatic carbocycles. The van der Waals surface area contributed by atoms with Gasteiger partial charge in [-0.1, -0.05) is 17.3 Å². The van der Waals surface area contributed by atoms with Crippen LogP contribution >= 0.6 is 11.3 Å². The lowest BCUT2D eigenvalue weighted by molar-refractivity contribution is 0.102. The number of benzene rings is 1. The van der Waals surface area contributed by atoms with Crippen molar-refractivity contribution < 1.29 is 13.9 Å². The summed E-state index contributed by atoms with van der Waals surface area (Å²) >= 11 is 1.10. The van der Waals surface area contributed by atoms with Crippen molar-refractivity contribution in [3.05, 3.63) is 82.6 Å². The minimum absolute atomic E-state index is 0.245. The van der Waals surface area contributed by atoms with Gasteiger partial charge < -0.3 is 4.74 Å². The summed E-state index contributed by atoms with van der Waals surface area (Å²) in [5.74, 6) is 4.92. The van der Waals surface area contributed by atoms with Gasteiger partial charge in [0, 0.05) is 35.2 Å². The first-order valence-corrected chi connectivity index (χ1v) is 10.2. The number of amides is 1. The predicted molar refractivity (Wildman–Crippen MR) is 119 cm³/mol. The van der Waals surface area contributed by atoms with Crippen molar-refractivity contribution in [3.63, 3.8) is 0 Å². The van der Waals surface area contributed by atoms with E-state index in [-0.39, 0.29) is 10.7 Å². The molecule has 3 heterocycles. The summed E-state index contributed by atoms with van der Waals surface area (Å²) in [6.45, 7) is 0. The van der Waals surface area contributed by atoms with E-state index >= 15 is 0 Å². The third kappa shape index (κ3) is 4.98. The Hall–Kier alpha value is -4.67. The highest BCUT2D eigenvalue weighted by atomic mass is 32.1. The SMILES string of the molecule is COc1cnc(F)cc1-c1cnccc1C(=O)Nc1nnc(C#Cc2ccc(C#N)cc2)s1. The number of rotatable bonds is 4. The number of anilines is 1. The van der Waals surface area contributed by atoms with E-state index in [0.29, 0.717) is 27.4 Å². The quantitative estimate of drug-likeness (QED) is 0.368. The number of ether oxygens (including phenoxy) is 1. The number of pyridine rings is 2. The molecule has 0 aliphatic heterocycles. The maximum absolute atomic E-state index is 13.8. The molecule has 0 fully saturated rings. The van der Waals surface area contributed by atoms with Crippen molar-refractivity contribution in [3.8, 4) is 34.8 Å². The molecule has 0 radical (unpaired) electrons. The number of hydrogen-bond acceptors (Lipinski definition) is 8. The molecule has 0 spiro atoms. The van der Waals surface area contributed by atoms with E-state index in [2.05, 4.69) is 37.3 Å². The predicted octanol–water partition coefficient (Wildman–Crippen LogP) is 3.67. The van der Waals surface area contributed by atoms with Crippen molar-refractivity contribution in [1.29, 1.82) is 5.26 Å². The van der Waals surface area contributed by atoms with Crippen LogP contribution in [0, 0.1) is 29.1 Å². The van der Waals surface area contributed by atoms with Gasteiger partial charge in [0.1, 0.15) is 5.75 Å². The highest BCUT2D eigenvalue weighted by molar-refractivity contribution is 7.15. The van der Waals surface area contributed by atoms with E-state index < -0.39 is 11.9 Å². The molecular weight excluding hydrogens is 443 g/mol. The fourth-order valence-corrected chi connectivity index (χ4v) is 3.43. The van der Waals surface area contributed by atoms with Crippen molar-refractivity contribution in [2.24, 2.45) is 0 Å². The van der Waals surface area contributed by atoms with Gasteiger partial charge in [-0.05, 0) is 36.3 Å². The van der Waals surface area contributed by atoms with Crippen molar-refractivity contribution >= 4 is 22.4 Å². The molecule has 10 heteroatoms. The second-order valence-electron chi connectivity index (χ2n) is 6.43. The zero-order valence-corrected chi connectivity index (χ0v) is 17.9. The zero-order valence-electron chi connectivity index (χ0n) is 17.0. The van der Waals surface area contributed by atoms with Crippen LogP contribution in [-0.4, -0.2) is 33.2 Å². The second kappa shape index (κ2) is 9.64. The third-order valence-electron chi connectivity index (χ3n) is 4.38. The summed E-state index contributed by atoms with van der Waals surface area (Å²) in [5.41, 5.74) is 2.22. The summed E-state index contributed by atoms with van der Waals surface area (Å²) in [6, 6.07) is 11.5. The first-order chi connectivity index (χ1) is 16.1. The number of carbonyl (C=O) groups excluding carboxylic acids is 1. The third-order valence-corrected chi connectivity index (χ3v) is 5.14. The van der Waals surface area contributed by atoms with E-state index in [9.17, 15) is 9.18 Å². The minimum atomic E-state index is -0.712. The summed E-state index contributed by atoms with van der Waals surface area (Å²) in [6.07, 6.45) is 4.14. The van der Waals surface area contributed by atoms with E-state index in [1.807, 2.05) is 6.07 Å². The lowest BCUT2D eigenvalue weighted by Crippen LogP contribution is -2.13. The summed E-state index contributed by atoms with van der Waals surface area (Å²) < 4.78 is 19.0. The molecule has 4 rings (SSSR count). The molecule has 1 N–H and O–H groups in total. The van der Waals surface area contributed by atoms with Crippen LogP contribution in [-0.2, 0) is 0 Å². The van der Waals surface area contributed by atoms with Crippen LogP contribution in [0.4, 0.5) is 9.52 Å². The van der Waals surface area contributed by atoms with Gasteiger partial charge in [-0.2, -0.15) is 9.65 Å². The van der Waals surface area contributed by atoms with Gasteiger partial charge >= 0.3 is 0 Å². The second-order valence-corrected chi connectivity index (χ2v) is 7.41. The topological polar surface area (TPSA) is 114 Å². The molecule has 0 bridgehead atoms. The molecule has 0 aliphatic rings. The van der Waals surface area contributed by atoms with Crippen LogP contribution < -0.4 is 10.1 Å². The summed E-state index contributed by atoms with van der Waals surface area (Å²) in [4.78, 5) is 20.5. The van der Waals surface area contributed by atoms with Gasteiger partial charge in [-0.3, -0.25) is 15.1 Å². The standard InChI is InChI=1S/C23H13FN6O2S/c1-32-19-13-27-20(24)10-17(19)18-12-26-9-8-16(18)22(31)28-23-30-29-21(33-23)7-6-14-2-4-15(11-25)5-3-14/h2-5,8-10,12-13H,1H3,(H,28,30,31). The summed E-state index contributed by atoms with van der Waals surface area (Å²) in [5, 5.41) is 20.1. The fourth-order valence-electron chi connectivity index (χ4n) is 2.84. The Morgan fingerprint density at radius 3 is 2.64 bits per heavy atom. The molecule has 0 saturated carbocycles. The Bertz CT molecular complexity index is 1430. The number of nitrogens with zero attached hydrogens (tertiary/aromatic N) is 5. The average molecular weight is 456 g/mol. The zero-order chi connectivity index (χ0) is 23.2. The van der Waals surface area contributed by atoms with Crippen LogP contribution in [0.2, 0.25) is 0 Å². The number of aromatic nitrogens is 4. The van der Waals surface area contributed by atoms with Gasteiger partial charge in [0.05, 0.1) is 30.5 Å². The summed E-state index contributed by atoms with van der Waals surface area (Å²) in [7, 11) is 1.43. The first-order valence-electron chi connectivity index (χ1n) is 9.38. The Balaban J connectivity index is 1.55. The Morgan fingerprint density at radius 1 is 1.09 bits per heavy atom. The molecule has 160 valence electrons. The molecule has 0 aliphatic carbocycles. The normalized spacial score (nSPS) is 9.97. The Labute approximate surface area is 191 Å². The highest BCUT2D eigenvalue weighted by Crippen LogP contribution is 2.32. The van der Waals surface area contributed by atoms with Crippen LogP contribution in [0.3, 0.4) is 0 Å². The molecule has 0 atom stereocenters. The van der Waals surface area contributed by atoms with Crippen LogP contribution in [0.25, 0.3) is 11.1 Å². The van der Waals surface area contributed by atoms with Crippen LogP contribution in [0.5, 0.6) is 5.75 Å². The average Bonchev–Trinajstić information content (AvgIpc) is 3.30. The van der Waals surface area contributed by atoms with Crippen molar-refractivity contribution in [2.75, 3.05) is 12.4 Å². The van der Waals surface area contributed by atoms with Gasteiger partial charge in [0.2, 0.25) is 11.1 Å². The number of nitriles is 1. The van der Waals surface area contributed by atoms with E-state index in [1.54, 1.807) is 24.3 Å². The van der Waals surface area contributed by atoms with Gasteiger partial charge in [-0.25, -0.2) is 4.98 Å². The first kappa shape index (κ1) is 21.6. The molecular formula is C23H13FN6O2S.